The second-order valence-electron chi connectivity index (χ2n) is 8.62. The van der Waals surface area contributed by atoms with Gasteiger partial charge < -0.3 is 14.4 Å². The summed E-state index contributed by atoms with van der Waals surface area (Å²) in [7, 11) is 3.02. The molecule has 0 saturated carbocycles. The molecule has 4 heterocycles. The van der Waals surface area contributed by atoms with Crippen molar-refractivity contribution in [1.29, 1.82) is 0 Å². The molecule has 0 amide bonds. The first-order valence-electron chi connectivity index (χ1n) is 11.1. The number of anilines is 1. The standard InChI is InChI=1S/C22H23Cl2N7O4/c1-28-18-17(20(33)29(2)22(28)34)31(21(25-18)30-7-5-12(11-32)6-8-30)10-16-26-27-19(35-16)13-3-4-14(23)15(24)9-13/h3-4,9,12,32H,5-8,10-11H2,1-2H3. The molecule has 1 aliphatic rings. The Morgan fingerprint density at radius 1 is 1.09 bits per heavy atom. The van der Waals surface area contributed by atoms with Crippen LogP contribution in [0.1, 0.15) is 18.7 Å². The van der Waals surface area contributed by atoms with Crippen molar-refractivity contribution in [2.24, 2.45) is 20.0 Å². The van der Waals surface area contributed by atoms with Crippen molar-refractivity contribution in [3.8, 4) is 11.5 Å². The Hall–Kier alpha value is -3.15. The summed E-state index contributed by atoms with van der Waals surface area (Å²) in [6.45, 7) is 1.52. The molecular formula is C22H23Cl2N7O4. The maximum atomic E-state index is 13.1. The monoisotopic (exact) mass is 519 g/mol. The number of piperidine rings is 1. The van der Waals surface area contributed by atoms with E-state index in [4.69, 9.17) is 27.6 Å². The summed E-state index contributed by atoms with van der Waals surface area (Å²) in [5, 5.41) is 18.6. The molecule has 184 valence electrons. The fraction of sp³-hybridized carbons (Fsp3) is 0.409. The molecule has 1 aromatic carbocycles. The summed E-state index contributed by atoms with van der Waals surface area (Å²) in [5.74, 6) is 1.27. The van der Waals surface area contributed by atoms with Crippen molar-refractivity contribution in [1.82, 2.24) is 28.9 Å². The van der Waals surface area contributed by atoms with E-state index in [1.807, 2.05) is 4.90 Å². The van der Waals surface area contributed by atoms with Crippen LogP contribution in [0.25, 0.3) is 22.6 Å². The van der Waals surface area contributed by atoms with Crippen molar-refractivity contribution in [3.05, 3.63) is 55.0 Å². The molecule has 0 bridgehead atoms. The highest BCUT2D eigenvalue weighted by Crippen LogP contribution is 2.29. The molecule has 35 heavy (non-hydrogen) atoms. The predicted octanol–water partition coefficient (Wildman–Crippen LogP) is 2.05. The largest absolute Gasteiger partial charge is 0.419 e. The molecule has 11 nitrogen and oxygen atoms in total. The normalized spacial score (nSPS) is 14.8. The maximum Gasteiger partial charge on any atom is 0.332 e. The number of halogens is 2. The van der Waals surface area contributed by atoms with Gasteiger partial charge in [-0.1, -0.05) is 23.2 Å². The van der Waals surface area contributed by atoms with Gasteiger partial charge in [0.25, 0.3) is 5.56 Å². The molecule has 5 rings (SSSR count). The zero-order valence-corrected chi connectivity index (χ0v) is 20.6. The zero-order chi connectivity index (χ0) is 24.9. The molecule has 0 spiro atoms. The molecule has 1 saturated heterocycles. The zero-order valence-electron chi connectivity index (χ0n) is 19.1. The number of nitrogens with zero attached hydrogens (tertiary/aromatic N) is 7. The van der Waals surface area contributed by atoms with E-state index in [9.17, 15) is 14.7 Å². The lowest BCUT2D eigenvalue weighted by Gasteiger charge is -2.32. The summed E-state index contributed by atoms with van der Waals surface area (Å²) in [6, 6.07) is 5.00. The number of aromatic nitrogens is 6. The summed E-state index contributed by atoms with van der Waals surface area (Å²) in [5.41, 5.74) is 0.233. The Bertz CT molecular complexity index is 1530. The van der Waals surface area contributed by atoms with Gasteiger partial charge in [0.1, 0.15) is 6.54 Å². The van der Waals surface area contributed by atoms with Crippen LogP contribution in [0.4, 0.5) is 5.95 Å². The van der Waals surface area contributed by atoms with E-state index < -0.39 is 11.2 Å². The lowest BCUT2D eigenvalue weighted by atomic mass is 9.98. The number of hydrogen-bond acceptors (Lipinski definition) is 8. The Morgan fingerprint density at radius 3 is 2.51 bits per heavy atom. The van der Waals surface area contributed by atoms with Crippen molar-refractivity contribution in [2.45, 2.75) is 19.4 Å². The van der Waals surface area contributed by atoms with Gasteiger partial charge in [0.2, 0.25) is 17.7 Å². The molecule has 0 atom stereocenters. The minimum Gasteiger partial charge on any atom is -0.419 e. The van der Waals surface area contributed by atoms with Crippen molar-refractivity contribution < 1.29 is 9.52 Å². The Balaban J connectivity index is 1.59. The minimum absolute atomic E-state index is 0.0769. The summed E-state index contributed by atoms with van der Waals surface area (Å²) in [6.07, 6.45) is 1.58. The number of imidazole rings is 1. The van der Waals surface area contributed by atoms with Crippen LogP contribution in [0.15, 0.2) is 32.2 Å². The molecule has 3 aromatic heterocycles. The molecule has 0 unspecified atom stereocenters. The molecule has 0 radical (unpaired) electrons. The van der Waals surface area contributed by atoms with Gasteiger partial charge in [-0.05, 0) is 37.0 Å². The Kier molecular flexibility index (Phi) is 6.16. The van der Waals surface area contributed by atoms with Crippen LogP contribution in [0.3, 0.4) is 0 Å². The fourth-order valence-electron chi connectivity index (χ4n) is 4.34. The number of benzene rings is 1. The van der Waals surface area contributed by atoms with E-state index in [0.29, 0.717) is 34.6 Å². The van der Waals surface area contributed by atoms with Crippen LogP contribution in [0.5, 0.6) is 0 Å². The summed E-state index contributed by atoms with van der Waals surface area (Å²) >= 11 is 12.1. The van der Waals surface area contributed by atoms with E-state index >= 15 is 0 Å². The quantitative estimate of drug-likeness (QED) is 0.424. The third kappa shape index (κ3) is 4.13. The third-order valence-electron chi connectivity index (χ3n) is 6.41. The van der Waals surface area contributed by atoms with Crippen molar-refractivity contribution >= 4 is 40.3 Å². The van der Waals surface area contributed by atoms with Crippen LogP contribution >= 0.6 is 23.2 Å². The highest BCUT2D eigenvalue weighted by molar-refractivity contribution is 6.42. The molecule has 4 aromatic rings. The van der Waals surface area contributed by atoms with Gasteiger partial charge in [0.15, 0.2) is 11.2 Å². The first kappa shape index (κ1) is 23.6. The molecule has 0 aliphatic carbocycles. The van der Waals surface area contributed by atoms with Gasteiger partial charge in [-0.25, -0.2) is 4.79 Å². The van der Waals surface area contributed by atoms with E-state index in [0.717, 1.165) is 17.4 Å². The van der Waals surface area contributed by atoms with Gasteiger partial charge in [-0.2, -0.15) is 4.98 Å². The van der Waals surface area contributed by atoms with Crippen LogP contribution < -0.4 is 16.1 Å². The average Bonchev–Trinajstić information content (AvgIpc) is 3.49. The van der Waals surface area contributed by atoms with E-state index in [2.05, 4.69) is 15.2 Å². The molecule has 1 N–H and O–H groups in total. The van der Waals surface area contributed by atoms with Crippen LogP contribution in [-0.4, -0.2) is 53.7 Å². The molecule has 1 fully saturated rings. The highest BCUT2D eigenvalue weighted by Gasteiger charge is 2.27. The lowest BCUT2D eigenvalue weighted by molar-refractivity contribution is 0.202. The molecule has 13 heteroatoms. The number of aliphatic hydroxyl groups excluding tert-OH is 1. The second-order valence-corrected chi connectivity index (χ2v) is 9.43. The van der Waals surface area contributed by atoms with E-state index in [1.54, 1.807) is 29.8 Å². The first-order valence-corrected chi connectivity index (χ1v) is 11.8. The highest BCUT2D eigenvalue weighted by atomic mass is 35.5. The van der Waals surface area contributed by atoms with E-state index in [-0.39, 0.29) is 42.0 Å². The predicted molar refractivity (Wildman–Crippen MR) is 131 cm³/mol. The topological polar surface area (TPSA) is 124 Å². The maximum absolute atomic E-state index is 13.1. The van der Waals surface area contributed by atoms with Gasteiger partial charge >= 0.3 is 5.69 Å². The first-order chi connectivity index (χ1) is 16.8. The van der Waals surface area contributed by atoms with Gasteiger partial charge in [-0.3, -0.25) is 18.5 Å². The molecular weight excluding hydrogens is 497 g/mol. The average molecular weight is 520 g/mol. The Morgan fingerprint density at radius 2 is 1.83 bits per heavy atom. The van der Waals surface area contributed by atoms with Crippen LogP contribution in [0.2, 0.25) is 10.0 Å². The summed E-state index contributed by atoms with van der Waals surface area (Å²) < 4.78 is 10.0. The number of fused-ring (bicyclic) bond motifs is 1. The van der Waals surface area contributed by atoms with Crippen LogP contribution in [0, 0.1) is 5.92 Å². The number of hydrogen-bond donors (Lipinski definition) is 1. The van der Waals surface area contributed by atoms with Gasteiger partial charge in [0, 0.05) is 39.4 Å². The van der Waals surface area contributed by atoms with Crippen molar-refractivity contribution in [3.63, 3.8) is 0 Å². The Labute approximate surface area is 209 Å². The number of aliphatic hydroxyl groups is 1. The van der Waals surface area contributed by atoms with Crippen molar-refractivity contribution in [2.75, 3.05) is 24.6 Å². The fourth-order valence-corrected chi connectivity index (χ4v) is 4.64. The molecule has 1 aliphatic heterocycles. The third-order valence-corrected chi connectivity index (χ3v) is 7.15. The lowest BCUT2D eigenvalue weighted by Crippen LogP contribution is -2.38. The van der Waals surface area contributed by atoms with Gasteiger partial charge in [-0.15, -0.1) is 10.2 Å². The SMILES string of the molecule is Cn1c(=O)c2c(nc(N3CCC(CO)CC3)n2Cc2nnc(-c3ccc(Cl)c(Cl)c3)o2)n(C)c1=O. The minimum atomic E-state index is -0.462. The van der Waals surface area contributed by atoms with Gasteiger partial charge in [0.05, 0.1) is 10.0 Å². The number of rotatable bonds is 5. The van der Waals surface area contributed by atoms with E-state index in [1.165, 1.54) is 11.6 Å². The van der Waals surface area contributed by atoms with Crippen LogP contribution in [-0.2, 0) is 20.6 Å². The second kappa shape index (κ2) is 9.14. The number of aryl methyl sites for hydroxylation is 1. The summed E-state index contributed by atoms with van der Waals surface area (Å²) in [4.78, 5) is 32.4. The smallest absolute Gasteiger partial charge is 0.332 e.